The molecule has 5 nitrogen and oxygen atoms in total. The number of carbonyl (C=O) groups excluding carboxylic acids is 1. The molecule has 0 unspecified atom stereocenters. The molecule has 0 atom stereocenters. The molecule has 2 aromatic heterocycles. The molecule has 0 bridgehead atoms. The van der Waals surface area contributed by atoms with Gasteiger partial charge >= 0.3 is 0 Å². The number of pyridine rings is 2. The molecular formula is C14H15N3O2. The summed E-state index contributed by atoms with van der Waals surface area (Å²) in [6.07, 6.45) is 3.23. The largest absolute Gasteiger partial charge is 0.315 e. The minimum atomic E-state index is -0.279. The van der Waals surface area contributed by atoms with Crippen molar-refractivity contribution in [3.63, 3.8) is 0 Å². The first-order chi connectivity index (χ1) is 9.10. The molecule has 0 radical (unpaired) electrons. The van der Waals surface area contributed by atoms with Crippen LogP contribution in [0.15, 0.2) is 41.5 Å². The Morgan fingerprint density at radius 2 is 2.11 bits per heavy atom. The highest BCUT2D eigenvalue weighted by atomic mass is 16.2. The lowest BCUT2D eigenvalue weighted by molar-refractivity contribution is 0.102. The zero-order valence-electron chi connectivity index (χ0n) is 10.9. The van der Waals surface area contributed by atoms with Crippen molar-refractivity contribution < 1.29 is 4.79 Å². The summed E-state index contributed by atoms with van der Waals surface area (Å²) in [5, 5.41) is 2.69. The van der Waals surface area contributed by atoms with Crippen LogP contribution in [0.2, 0.25) is 0 Å². The number of carbonyl (C=O) groups is 1. The van der Waals surface area contributed by atoms with Gasteiger partial charge in [0.25, 0.3) is 11.5 Å². The van der Waals surface area contributed by atoms with E-state index in [9.17, 15) is 9.59 Å². The van der Waals surface area contributed by atoms with E-state index in [0.29, 0.717) is 17.9 Å². The fourth-order valence-electron chi connectivity index (χ4n) is 1.64. The van der Waals surface area contributed by atoms with Crippen molar-refractivity contribution in [2.75, 3.05) is 5.32 Å². The van der Waals surface area contributed by atoms with E-state index in [4.69, 9.17) is 0 Å². The summed E-state index contributed by atoms with van der Waals surface area (Å²) in [7, 11) is 0. The molecule has 0 aliphatic heterocycles. The summed E-state index contributed by atoms with van der Waals surface area (Å²) in [6.45, 7) is 4.31. The molecule has 0 saturated carbocycles. The quantitative estimate of drug-likeness (QED) is 0.912. The minimum Gasteiger partial charge on any atom is -0.315 e. The summed E-state index contributed by atoms with van der Waals surface area (Å²) >= 11 is 0. The fourth-order valence-corrected chi connectivity index (χ4v) is 1.64. The van der Waals surface area contributed by atoms with E-state index in [-0.39, 0.29) is 11.5 Å². The number of anilines is 1. The zero-order valence-corrected chi connectivity index (χ0v) is 10.9. The van der Waals surface area contributed by atoms with Crippen molar-refractivity contribution in [3.8, 4) is 0 Å². The highest BCUT2D eigenvalue weighted by Crippen LogP contribution is 2.06. The van der Waals surface area contributed by atoms with E-state index >= 15 is 0 Å². The molecule has 1 amide bonds. The number of nitrogens with zero attached hydrogens (tertiary/aromatic N) is 2. The molecule has 2 rings (SSSR count). The topological polar surface area (TPSA) is 64.0 Å². The van der Waals surface area contributed by atoms with E-state index in [1.165, 1.54) is 16.7 Å². The van der Waals surface area contributed by atoms with E-state index in [2.05, 4.69) is 10.3 Å². The first-order valence-corrected chi connectivity index (χ1v) is 6.04. The summed E-state index contributed by atoms with van der Waals surface area (Å²) in [4.78, 5) is 27.6. The van der Waals surface area contributed by atoms with Crippen LogP contribution < -0.4 is 10.9 Å². The standard InChI is InChI=1S/C14H15N3O2/c1-3-17-9-11(5-7-13(17)18)14(19)16-12-6-4-10(2)8-15-12/h4-9H,3H2,1-2H3,(H,15,16,19). The molecule has 0 aliphatic carbocycles. The minimum absolute atomic E-state index is 0.118. The van der Waals surface area contributed by atoms with Crippen LogP contribution in [0.5, 0.6) is 0 Å². The third-order valence-electron chi connectivity index (χ3n) is 2.74. The van der Waals surface area contributed by atoms with Gasteiger partial charge in [0, 0.05) is 25.0 Å². The third-order valence-corrected chi connectivity index (χ3v) is 2.74. The van der Waals surface area contributed by atoms with Gasteiger partial charge in [0.15, 0.2) is 0 Å². The van der Waals surface area contributed by atoms with Crippen molar-refractivity contribution in [1.29, 1.82) is 0 Å². The predicted molar refractivity (Wildman–Crippen MR) is 73.3 cm³/mol. The van der Waals surface area contributed by atoms with Gasteiger partial charge in [-0.3, -0.25) is 9.59 Å². The maximum Gasteiger partial charge on any atom is 0.258 e. The maximum atomic E-state index is 12.0. The number of aromatic nitrogens is 2. The number of aryl methyl sites for hydroxylation is 2. The highest BCUT2D eigenvalue weighted by molar-refractivity contribution is 6.03. The van der Waals surface area contributed by atoms with Gasteiger partial charge in [0.05, 0.1) is 5.56 Å². The fraction of sp³-hybridized carbons (Fsp3) is 0.214. The van der Waals surface area contributed by atoms with E-state index in [1.807, 2.05) is 19.9 Å². The van der Waals surface area contributed by atoms with Crippen LogP contribution in [0.3, 0.4) is 0 Å². The first-order valence-electron chi connectivity index (χ1n) is 6.04. The van der Waals surface area contributed by atoms with Gasteiger partial charge in [0.1, 0.15) is 5.82 Å². The lowest BCUT2D eigenvalue weighted by Crippen LogP contribution is -2.21. The third kappa shape index (κ3) is 3.07. The van der Waals surface area contributed by atoms with Crippen LogP contribution in [0, 0.1) is 6.92 Å². The Kier molecular flexibility index (Phi) is 3.75. The Labute approximate surface area is 110 Å². The number of hydrogen-bond donors (Lipinski definition) is 1. The van der Waals surface area contributed by atoms with Crippen LogP contribution in [0.4, 0.5) is 5.82 Å². The van der Waals surface area contributed by atoms with Crippen molar-refractivity contribution in [3.05, 3.63) is 58.1 Å². The average molecular weight is 257 g/mol. The normalized spacial score (nSPS) is 10.2. The molecule has 0 fully saturated rings. The zero-order chi connectivity index (χ0) is 13.8. The summed E-state index contributed by atoms with van der Waals surface area (Å²) in [5.41, 5.74) is 1.34. The SMILES string of the molecule is CCn1cc(C(=O)Nc2ccc(C)cn2)ccc1=O. The predicted octanol–water partition coefficient (Wildman–Crippen LogP) is 1.82. The van der Waals surface area contributed by atoms with Crippen LogP contribution in [0.25, 0.3) is 0 Å². The molecule has 98 valence electrons. The Bertz CT molecular complexity index is 644. The molecule has 0 aromatic carbocycles. The second-order valence-electron chi connectivity index (χ2n) is 4.22. The second-order valence-corrected chi connectivity index (χ2v) is 4.22. The summed E-state index contributed by atoms with van der Waals surface area (Å²) in [6, 6.07) is 6.51. The molecule has 2 heterocycles. The smallest absolute Gasteiger partial charge is 0.258 e. The van der Waals surface area contributed by atoms with Gasteiger partial charge in [-0.2, -0.15) is 0 Å². The molecule has 1 N–H and O–H groups in total. The van der Waals surface area contributed by atoms with Crippen LogP contribution >= 0.6 is 0 Å². The number of nitrogens with one attached hydrogen (secondary N) is 1. The average Bonchev–Trinajstić information content (AvgIpc) is 2.42. The van der Waals surface area contributed by atoms with Crippen molar-refractivity contribution in [2.24, 2.45) is 0 Å². The van der Waals surface area contributed by atoms with Gasteiger partial charge in [-0.25, -0.2) is 4.98 Å². The molecule has 0 saturated heterocycles. The summed E-state index contributed by atoms with van der Waals surface area (Å²) in [5.74, 6) is 0.211. The van der Waals surface area contributed by atoms with Gasteiger partial charge < -0.3 is 9.88 Å². The monoisotopic (exact) mass is 257 g/mol. The Balaban J connectivity index is 2.20. The van der Waals surface area contributed by atoms with Gasteiger partial charge in [-0.15, -0.1) is 0 Å². The van der Waals surface area contributed by atoms with Gasteiger partial charge in [-0.1, -0.05) is 6.07 Å². The maximum absolute atomic E-state index is 12.0. The first kappa shape index (κ1) is 13.0. The van der Waals surface area contributed by atoms with E-state index < -0.39 is 0 Å². The van der Waals surface area contributed by atoms with Crippen molar-refractivity contribution >= 4 is 11.7 Å². The molecule has 2 aromatic rings. The lowest BCUT2D eigenvalue weighted by Gasteiger charge is -2.07. The Morgan fingerprint density at radius 3 is 2.74 bits per heavy atom. The Hall–Kier alpha value is -2.43. The Morgan fingerprint density at radius 1 is 1.32 bits per heavy atom. The molecule has 0 spiro atoms. The van der Waals surface area contributed by atoms with Crippen LogP contribution in [-0.4, -0.2) is 15.5 Å². The van der Waals surface area contributed by atoms with Gasteiger partial charge in [-0.05, 0) is 31.5 Å². The molecule has 5 heteroatoms. The molecule has 0 aliphatic rings. The van der Waals surface area contributed by atoms with Crippen molar-refractivity contribution in [1.82, 2.24) is 9.55 Å². The number of rotatable bonds is 3. The van der Waals surface area contributed by atoms with Crippen LogP contribution in [-0.2, 0) is 6.54 Å². The van der Waals surface area contributed by atoms with E-state index in [0.717, 1.165) is 5.56 Å². The highest BCUT2D eigenvalue weighted by Gasteiger charge is 2.08. The van der Waals surface area contributed by atoms with Gasteiger partial charge in [0.2, 0.25) is 0 Å². The number of amides is 1. The van der Waals surface area contributed by atoms with Crippen LogP contribution in [0.1, 0.15) is 22.8 Å². The molecule has 19 heavy (non-hydrogen) atoms. The van der Waals surface area contributed by atoms with E-state index in [1.54, 1.807) is 18.5 Å². The lowest BCUT2D eigenvalue weighted by atomic mass is 10.2. The summed E-state index contributed by atoms with van der Waals surface area (Å²) < 4.78 is 1.48. The molecular weight excluding hydrogens is 242 g/mol. The van der Waals surface area contributed by atoms with Crippen molar-refractivity contribution in [2.45, 2.75) is 20.4 Å². The second kappa shape index (κ2) is 5.48. The number of hydrogen-bond acceptors (Lipinski definition) is 3.